The lowest BCUT2D eigenvalue weighted by atomic mass is 9.88. The Bertz CT molecular complexity index is 1380. The smallest absolute Gasteiger partial charge is 0.323 e. The molecule has 0 spiro atoms. The quantitative estimate of drug-likeness (QED) is 0.223. The molecule has 5 rings (SSSR count). The zero-order valence-corrected chi connectivity index (χ0v) is 19.3. The van der Waals surface area contributed by atoms with Gasteiger partial charge in [0.2, 0.25) is 11.2 Å². The minimum absolute atomic E-state index is 0.164. The van der Waals surface area contributed by atoms with E-state index in [1.807, 2.05) is 56.3 Å². The molecule has 3 heterocycles. The minimum Gasteiger partial charge on any atom is -0.464 e. The van der Waals surface area contributed by atoms with Crippen LogP contribution in [-0.2, 0) is 10.5 Å². The van der Waals surface area contributed by atoms with Crippen LogP contribution in [0.25, 0.3) is 0 Å². The van der Waals surface area contributed by atoms with Gasteiger partial charge in [-0.05, 0) is 32.0 Å². The van der Waals surface area contributed by atoms with E-state index in [-0.39, 0.29) is 5.75 Å². The molecular weight excluding hydrogens is 452 g/mol. The van der Waals surface area contributed by atoms with E-state index >= 15 is 0 Å². The van der Waals surface area contributed by atoms with Gasteiger partial charge >= 0.3 is 5.97 Å². The number of rotatable bonds is 5. The molecule has 0 unspecified atom stereocenters. The number of carbonyl (C=O) groups is 1. The van der Waals surface area contributed by atoms with Gasteiger partial charge in [-0.25, -0.2) is 9.97 Å². The first-order chi connectivity index (χ1) is 16.5. The maximum absolute atomic E-state index is 13.2. The third kappa shape index (κ3) is 4.45. The number of hydrogen-bond acceptors (Lipinski definition) is 8. The van der Waals surface area contributed by atoms with Crippen molar-refractivity contribution in [1.82, 2.24) is 9.97 Å². The molecule has 0 atom stereocenters. The van der Waals surface area contributed by atoms with Crippen LogP contribution >= 0.6 is 11.8 Å². The molecule has 0 fully saturated rings. The van der Waals surface area contributed by atoms with Gasteiger partial charge in [0.25, 0.3) is 0 Å². The summed E-state index contributed by atoms with van der Waals surface area (Å²) in [6, 6.07) is 17.8. The van der Waals surface area contributed by atoms with Crippen molar-refractivity contribution in [1.29, 1.82) is 0 Å². The molecule has 1 aliphatic rings. The second-order valence-electron chi connectivity index (χ2n) is 7.83. The van der Waals surface area contributed by atoms with Crippen LogP contribution in [0.2, 0.25) is 0 Å². The van der Waals surface area contributed by atoms with Gasteiger partial charge in [-0.3, -0.25) is 9.59 Å². The van der Waals surface area contributed by atoms with Crippen LogP contribution in [0, 0.1) is 13.8 Å². The monoisotopic (exact) mass is 472 g/mol. The van der Waals surface area contributed by atoms with Gasteiger partial charge in [-0.1, -0.05) is 48.2 Å². The Morgan fingerprint density at radius 3 is 2.21 bits per heavy atom. The number of aromatic nitrogens is 2. The molecule has 0 amide bonds. The molecule has 2 aromatic heterocycles. The van der Waals surface area contributed by atoms with Crippen molar-refractivity contribution < 1.29 is 18.7 Å². The fourth-order valence-electron chi connectivity index (χ4n) is 3.81. The summed E-state index contributed by atoms with van der Waals surface area (Å²) in [7, 11) is 0. The van der Waals surface area contributed by atoms with Crippen LogP contribution in [0.5, 0.6) is 17.2 Å². The molecular formula is C26H20N2O5S. The molecule has 0 radical (unpaired) electrons. The van der Waals surface area contributed by atoms with Crippen molar-refractivity contribution in [3.63, 3.8) is 0 Å². The van der Waals surface area contributed by atoms with E-state index < -0.39 is 17.3 Å². The summed E-state index contributed by atoms with van der Waals surface area (Å²) in [5.41, 5.74) is 2.66. The Hall–Kier alpha value is -3.91. The lowest BCUT2D eigenvalue weighted by Crippen LogP contribution is -2.25. The Labute approximate surface area is 199 Å². The lowest BCUT2D eigenvalue weighted by molar-refractivity contribution is -0.135. The molecule has 170 valence electrons. The van der Waals surface area contributed by atoms with Crippen molar-refractivity contribution in [2.45, 2.75) is 30.7 Å². The molecule has 0 saturated heterocycles. The second kappa shape index (κ2) is 9.15. The Morgan fingerprint density at radius 2 is 1.59 bits per heavy atom. The van der Waals surface area contributed by atoms with Crippen LogP contribution in [0.3, 0.4) is 0 Å². The average molecular weight is 473 g/mol. The molecule has 0 saturated carbocycles. The van der Waals surface area contributed by atoms with Crippen LogP contribution in [0.4, 0.5) is 0 Å². The van der Waals surface area contributed by atoms with Crippen LogP contribution in [0.1, 0.15) is 34.2 Å². The van der Waals surface area contributed by atoms with Crippen LogP contribution in [0.15, 0.2) is 81.3 Å². The first kappa shape index (κ1) is 21.9. The number of fused-ring (bicyclic) bond motifs is 2. The summed E-state index contributed by atoms with van der Waals surface area (Å²) in [6.45, 7) is 3.80. The first-order valence-corrected chi connectivity index (χ1v) is 11.6. The zero-order chi connectivity index (χ0) is 23.7. The molecule has 8 heteroatoms. The van der Waals surface area contributed by atoms with E-state index in [0.29, 0.717) is 39.3 Å². The average Bonchev–Trinajstić information content (AvgIpc) is 2.82. The van der Waals surface area contributed by atoms with E-state index in [1.54, 1.807) is 12.1 Å². The van der Waals surface area contributed by atoms with E-state index in [1.165, 1.54) is 24.1 Å². The SMILES string of the molecule is Cc1cc(C)nc(SCc2cc(=O)c(OC(=O)C3c4ccccc4Oc4ccccc43)co2)n1. The number of thioether (sulfide) groups is 1. The van der Waals surface area contributed by atoms with E-state index in [9.17, 15) is 9.59 Å². The van der Waals surface area contributed by atoms with Crippen molar-refractivity contribution in [2.24, 2.45) is 0 Å². The molecule has 0 bridgehead atoms. The topological polar surface area (TPSA) is 91.5 Å². The number of carbonyl (C=O) groups excluding carboxylic acids is 1. The van der Waals surface area contributed by atoms with Crippen LogP contribution < -0.4 is 14.9 Å². The maximum Gasteiger partial charge on any atom is 0.323 e. The van der Waals surface area contributed by atoms with Gasteiger partial charge in [0.05, 0.1) is 5.75 Å². The highest BCUT2D eigenvalue weighted by Crippen LogP contribution is 2.44. The summed E-state index contributed by atoms with van der Waals surface area (Å²) in [5.74, 6) is 0.487. The highest BCUT2D eigenvalue weighted by Gasteiger charge is 2.34. The molecule has 0 aliphatic carbocycles. The van der Waals surface area contributed by atoms with Gasteiger partial charge in [-0.2, -0.15) is 0 Å². The molecule has 1 aliphatic heterocycles. The van der Waals surface area contributed by atoms with E-state index in [0.717, 1.165) is 11.4 Å². The Balaban J connectivity index is 1.35. The number of para-hydroxylation sites is 2. The van der Waals surface area contributed by atoms with Crippen molar-refractivity contribution in [3.8, 4) is 17.2 Å². The first-order valence-electron chi connectivity index (χ1n) is 10.6. The summed E-state index contributed by atoms with van der Waals surface area (Å²) in [6.07, 6.45) is 1.18. The predicted octanol–water partition coefficient (Wildman–Crippen LogP) is 5.18. The zero-order valence-electron chi connectivity index (χ0n) is 18.5. The highest BCUT2D eigenvalue weighted by atomic mass is 32.2. The molecule has 7 nitrogen and oxygen atoms in total. The minimum atomic E-state index is -0.725. The molecule has 2 aromatic carbocycles. The van der Waals surface area contributed by atoms with Gasteiger partial charge < -0.3 is 13.9 Å². The molecule has 4 aromatic rings. The number of aryl methyl sites for hydroxylation is 2. The van der Waals surface area contributed by atoms with Crippen molar-refractivity contribution in [3.05, 3.63) is 105 Å². The molecule has 0 N–H and O–H groups in total. The fourth-order valence-corrected chi connectivity index (χ4v) is 4.65. The number of hydrogen-bond donors (Lipinski definition) is 0. The van der Waals surface area contributed by atoms with Gasteiger partial charge in [-0.15, -0.1) is 0 Å². The number of benzene rings is 2. The highest BCUT2D eigenvalue weighted by molar-refractivity contribution is 7.98. The summed E-state index contributed by atoms with van der Waals surface area (Å²) in [5, 5.41) is 0.604. The summed E-state index contributed by atoms with van der Waals surface area (Å²) < 4.78 is 17.0. The fraction of sp³-hybridized carbons (Fsp3) is 0.154. The summed E-state index contributed by atoms with van der Waals surface area (Å²) in [4.78, 5) is 34.6. The number of esters is 1. The maximum atomic E-state index is 13.2. The van der Waals surface area contributed by atoms with Crippen molar-refractivity contribution >= 4 is 17.7 Å². The van der Waals surface area contributed by atoms with Crippen LogP contribution in [-0.4, -0.2) is 15.9 Å². The Kier molecular flexibility index (Phi) is 5.90. The third-order valence-corrected chi connectivity index (χ3v) is 6.15. The van der Waals surface area contributed by atoms with Gasteiger partial charge in [0, 0.05) is 28.6 Å². The Morgan fingerprint density at radius 1 is 0.971 bits per heavy atom. The van der Waals surface area contributed by atoms with Gasteiger partial charge in [0.1, 0.15) is 29.4 Å². The number of nitrogens with zero attached hydrogens (tertiary/aromatic N) is 2. The summed E-state index contributed by atoms with van der Waals surface area (Å²) >= 11 is 1.36. The van der Waals surface area contributed by atoms with Crippen molar-refractivity contribution in [2.75, 3.05) is 0 Å². The largest absolute Gasteiger partial charge is 0.464 e. The normalized spacial score (nSPS) is 12.4. The third-order valence-electron chi connectivity index (χ3n) is 5.28. The predicted molar refractivity (Wildman–Crippen MR) is 126 cm³/mol. The second-order valence-corrected chi connectivity index (χ2v) is 8.77. The standard InChI is InChI=1S/C26H20N2O5S/c1-15-11-16(2)28-26(27-15)34-14-17-12-20(29)23(13-31-17)33-25(30)24-18-7-3-5-9-21(18)32-22-10-6-4-8-19(22)24/h3-13,24H,14H2,1-2H3. The van der Waals surface area contributed by atoms with E-state index in [2.05, 4.69) is 9.97 Å². The molecule has 34 heavy (non-hydrogen) atoms. The van der Waals surface area contributed by atoms with E-state index in [4.69, 9.17) is 13.9 Å². The lowest BCUT2D eigenvalue weighted by Gasteiger charge is -2.26. The number of ether oxygens (including phenoxy) is 2. The van der Waals surface area contributed by atoms with Gasteiger partial charge in [0.15, 0.2) is 5.16 Å².